The fraction of sp³-hybridized carbons (Fsp3) is 0.149. The first-order valence-corrected chi connectivity index (χ1v) is 17.8. The van der Waals surface area contributed by atoms with Crippen molar-refractivity contribution in [3.8, 4) is 27.9 Å². The van der Waals surface area contributed by atoms with E-state index in [0.717, 1.165) is 68.6 Å². The Hall–Kier alpha value is -5.80. The number of aromatic nitrogens is 1. The van der Waals surface area contributed by atoms with Gasteiger partial charge in [-0.05, 0) is 150 Å². The largest absolute Gasteiger partial charge is 0.268 e. The van der Waals surface area contributed by atoms with Crippen molar-refractivity contribution in [3.63, 3.8) is 0 Å². The van der Waals surface area contributed by atoms with Crippen molar-refractivity contribution >= 4 is 64.6 Å². The van der Waals surface area contributed by atoms with Crippen LogP contribution in [0.1, 0.15) is 42.0 Å². The van der Waals surface area contributed by atoms with E-state index >= 15 is 0 Å². The molecule has 0 aliphatic heterocycles. The SMILES string of the molecule is CCCCc1ccccc1-c1cc2c3c(=O)n(-c4cccc(C)c4C)c(=O)c3c3cc(-c4ccccc4C)c4ccc5ccc1c1c5c4c3c21. The molecule has 0 radical (unpaired) electrons. The van der Waals surface area contributed by atoms with Crippen LogP contribution in [-0.4, -0.2) is 4.57 Å². The summed E-state index contributed by atoms with van der Waals surface area (Å²) < 4.78 is 1.44. The minimum absolute atomic E-state index is 0.245. The third-order valence-electron chi connectivity index (χ3n) is 11.6. The molecule has 3 heteroatoms. The first-order chi connectivity index (χ1) is 24.4. The van der Waals surface area contributed by atoms with Crippen LogP contribution in [0.4, 0.5) is 0 Å². The Kier molecular flexibility index (Phi) is 6.04. The molecule has 0 bridgehead atoms. The van der Waals surface area contributed by atoms with Crippen LogP contribution in [0, 0.1) is 20.8 Å². The second-order valence-electron chi connectivity index (χ2n) is 14.3. The molecule has 10 aromatic rings. The van der Waals surface area contributed by atoms with Crippen LogP contribution in [0.25, 0.3) is 92.6 Å². The van der Waals surface area contributed by atoms with Gasteiger partial charge in [0.2, 0.25) is 0 Å². The van der Waals surface area contributed by atoms with Crippen LogP contribution >= 0.6 is 0 Å². The molecule has 0 spiro atoms. The van der Waals surface area contributed by atoms with E-state index in [1.807, 2.05) is 32.0 Å². The first kappa shape index (κ1) is 29.1. The van der Waals surface area contributed by atoms with Gasteiger partial charge >= 0.3 is 0 Å². The van der Waals surface area contributed by atoms with Gasteiger partial charge in [-0.1, -0.05) is 98.3 Å². The van der Waals surface area contributed by atoms with Gasteiger partial charge in [0.1, 0.15) is 0 Å². The average molecular weight is 646 g/mol. The molecule has 0 amide bonds. The highest BCUT2D eigenvalue weighted by atomic mass is 16.2. The molecule has 10 rings (SSSR count). The summed E-state index contributed by atoms with van der Waals surface area (Å²) in [5, 5.41) is 12.1. The molecule has 9 aromatic carbocycles. The lowest BCUT2D eigenvalue weighted by Gasteiger charge is -2.15. The maximum Gasteiger partial charge on any atom is 0.266 e. The second kappa shape index (κ2) is 10.4. The molecule has 0 aliphatic carbocycles. The number of hydrogen-bond acceptors (Lipinski definition) is 2. The van der Waals surface area contributed by atoms with Crippen molar-refractivity contribution in [1.29, 1.82) is 0 Å². The quantitative estimate of drug-likeness (QED) is 0.169. The van der Waals surface area contributed by atoms with E-state index in [9.17, 15) is 9.59 Å². The highest BCUT2D eigenvalue weighted by Gasteiger charge is 2.30. The Balaban J connectivity index is 1.49. The zero-order valence-electron chi connectivity index (χ0n) is 28.7. The third kappa shape index (κ3) is 3.64. The first-order valence-electron chi connectivity index (χ1n) is 17.8. The van der Waals surface area contributed by atoms with Crippen molar-refractivity contribution in [2.75, 3.05) is 0 Å². The molecule has 1 aromatic heterocycles. The summed E-state index contributed by atoms with van der Waals surface area (Å²) in [6.07, 6.45) is 3.20. The van der Waals surface area contributed by atoms with Crippen molar-refractivity contribution in [2.24, 2.45) is 0 Å². The molecule has 0 saturated heterocycles. The smallest absolute Gasteiger partial charge is 0.266 e. The van der Waals surface area contributed by atoms with Crippen LogP contribution in [0.15, 0.2) is 113 Å². The number of nitrogens with zero attached hydrogens (tertiary/aromatic N) is 1. The lowest BCUT2D eigenvalue weighted by Crippen LogP contribution is -2.24. The van der Waals surface area contributed by atoms with E-state index in [1.54, 1.807) is 0 Å². The van der Waals surface area contributed by atoms with Gasteiger partial charge < -0.3 is 0 Å². The highest BCUT2D eigenvalue weighted by molar-refractivity contribution is 6.50. The van der Waals surface area contributed by atoms with Gasteiger partial charge in [-0.2, -0.15) is 0 Å². The number of rotatable bonds is 6. The van der Waals surface area contributed by atoms with Gasteiger partial charge in [-0.25, -0.2) is 4.57 Å². The van der Waals surface area contributed by atoms with Crippen molar-refractivity contribution in [1.82, 2.24) is 4.57 Å². The fourth-order valence-electron chi connectivity index (χ4n) is 9.07. The topological polar surface area (TPSA) is 39.1 Å². The lowest BCUT2D eigenvalue weighted by atomic mass is 9.87. The summed E-state index contributed by atoms with van der Waals surface area (Å²) in [5.41, 5.74) is 9.18. The Morgan fingerprint density at radius 3 is 1.70 bits per heavy atom. The predicted molar refractivity (Wildman–Crippen MR) is 212 cm³/mol. The highest BCUT2D eigenvalue weighted by Crippen LogP contribution is 2.54. The normalized spacial score (nSPS) is 12.4. The fourth-order valence-corrected chi connectivity index (χ4v) is 9.07. The molecule has 0 saturated carbocycles. The van der Waals surface area contributed by atoms with E-state index in [1.165, 1.54) is 53.6 Å². The van der Waals surface area contributed by atoms with Gasteiger partial charge in [0, 0.05) is 0 Å². The van der Waals surface area contributed by atoms with Gasteiger partial charge in [0.15, 0.2) is 0 Å². The lowest BCUT2D eigenvalue weighted by molar-refractivity contribution is 0.796. The summed E-state index contributed by atoms with van der Waals surface area (Å²) in [7, 11) is 0. The Labute approximate surface area is 289 Å². The van der Waals surface area contributed by atoms with E-state index in [0.29, 0.717) is 16.5 Å². The molecule has 0 N–H and O–H groups in total. The number of fused-ring (bicyclic) bond motifs is 3. The summed E-state index contributed by atoms with van der Waals surface area (Å²) in [5.74, 6) is 0. The van der Waals surface area contributed by atoms with Crippen molar-refractivity contribution in [2.45, 2.75) is 47.0 Å². The summed E-state index contributed by atoms with van der Waals surface area (Å²) in [6.45, 7) is 8.40. The maximum atomic E-state index is 15.0. The third-order valence-corrected chi connectivity index (χ3v) is 11.6. The number of hydrogen-bond donors (Lipinski definition) is 0. The Morgan fingerprint density at radius 1 is 0.500 bits per heavy atom. The molecule has 1 heterocycles. The molecule has 3 nitrogen and oxygen atoms in total. The minimum atomic E-state index is -0.246. The van der Waals surface area contributed by atoms with Gasteiger partial charge in [-0.3, -0.25) is 9.59 Å². The average Bonchev–Trinajstić information content (AvgIpc) is 3.63. The monoisotopic (exact) mass is 645 g/mol. The Bertz CT molecular complexity index is 3090. The molecule has 0 unspecified atom stereocenters. The molecular weight excluding hydrogens is 611 g/mol. The molecule has 50 heavy (non-hydrogen) atoms. The number of unbranched alkanes of at least 4 members (excludes halogenated alkanes) is 1. The Morgan fingerprint density at radius 2 is 1.06 bits per heavy atom. The maximum absolute atomic E-state index is 15.0. The predicted octanol–water partition coefficient (Wildman–Crippen LogP) is 11.5. The second-order valence-corrected chi connectivity index (χ2v) is 14.3. The van der Waals surface area contributed by atoms with Gasteiger partial charge in [-0.15, -0.1) is 0 Å². The number of aryl methyl sites for hydroxylation is 3. The van der Waals surface area contributed by atoms with Crippen LogP contribution < -0.4 is 11.1 Å². The van der Waals surface area contributed by atoms with Crippen LogP contribution in [0.3, 0.4) is 0 Å². The standard InChI is InChI=1S/C47H35NO2/c1-5-6-14-28-15-8-10-17-31(28)35-24-37-43-41-33(35)22-20-29-19-21-32-34(30-16-9-7-12-26(30)3)23-36(42(43)40(32)39(29)41)44-45(37)47(50)48(46(44)49)38-18-11-13-25(2)27(38)4/h7-13,15-24H,5-6,14H2,1-4H3. The molecule has 0 fully saturated rings. The van der Waals surface area contributed by atoms with Crippen LogP contribution in [-0.2, 0) is 6.42 Å². The summed E-state index contributed by atoms with van der Waals surface area (Å²) >= 11 is 0. The molecule has 0 atom stereocenters. The van der Waals surface area contributed by atoms with Crippen molar-refractivity contribution < 1.29 is 0 Å². The van der Waals surface area contributed by atoms with Gasteiger partial charge in [0.25, 0.3) is 11.1 Å². The molecule has 240 valence electrons. The van der Waals surface area contributed by atoms with E-state index in [4.69, 9.17) is 0 Å². The number of benzene rings is 8. The molecule has 0 aliphatic rings. The van der Waals surface area contributed by atoms with Crippen LogP contribution in [0.2, 0.25) is 0 Å². The summed E-state index contributed by atoms with van der Waals surface area (Å²) in [4.78, 5) is 29.9. The summed E-state index contributed by atoms with van der Waals surface area (Å²) in [6, 6.07) is 36.5. The minimum Gasteiger partial charge on any atom is -0.268 e. The zero-order valence-corrected chi connectivity index (χ0v) is 28.7. The van der Waals surface area contributed by atoms with E-state index < -0.39 is 0 Å². The van der Waals surface area contributed by atoms with Crippen molar-refractivity contribution in [3.05, 3.63) is 146 Å². The van der Waals surface area contributed by atoms with Crippen LogP contribution in [0.5, 0.6) is 0 Å². The zero-order chi connectivity index (χ0) is 34.0. The van der Waals surface area contributed by atoms with E-state index in [2.05, 4.69) is 98.8 Å². The molecular formula is C47H35NO2. The van der Waals surface area contributed by atoms with Gasteiger partial charge in [0.05, 0.1) is 16.5 Å². The van der Waals surface area contributed by atoms with E-state index in [-0.39, 0.29) is 11.1 Å².